The number of fused-ring (bicyclic) bond motifs is 1. The molecule has 1 aromatic carbocycles. The first-order chi connectivity index (χ1) is 15.4. The highest BCUT2D eigenvalue weighted by molar-refractivity contribution is 5.96. The molecule has 2 aromatic heterocycles. The smallest absolute Gasteiger partial charge is 0.254 e. The van der Waals surface area contributed by atoms with Crippen molar-refractivity contribution in [1.82, 2.24) is 19.5 Å². The molecule has 0 aliphatic carbocycles. The quantitative estimate of drug-likeness (QED) is 0.685. The summed E-state index contributed by atoms with van der Waals surface area (Å²) in [6, 6.07) is 8.33. The predicted molar refractivity (Wildman–Crippen MR) is 126 cm³/mol. The van der Waals surface area contributed by atoms with Crippen LogP contribution in [-0.4, -0.2) is 51.1 Å². The summed E-state index contributed by atoms with van der Waals surface area (Å²) in [5.74, 6) is 1.09. The second kappa shape index (κ2) is 8.20. The molecule has 2 aliphatic rings. The van der Waals surface area contributed by atoms with Crippen molar-refractivity contribution in [3.05, 3.63) is 58.4 Å². The Labute approximate surface area is 189 Å². The molecule has 2 N–H and O–H groups in total. The molecule has 7 nitrogen and oxygen atoms in total. The Balaban J connectivity index is 1.48. The molecule has 1 amide bonds. The predicted octanol–water partition coefficient (Wildman–Crippen LogP) is 3.56. The minimum atomic E-state index is -0.0261. The van der Waals surface area contributed by atoms with Crippen molar-refractivity contribution in [3.63, 3.8) is 0 Å². The van der Waals surface area contributed by atoms with E-state index in [1.165, 1.54) is 0 Å². The van der Waals surface area contributed by atoms with Crippen molar-refractivity contribution >= 4 is 17.4 Å². The molecule has 2 atom stereocenters. The summed E-state index contributed by atoms with van der Waals surface area (Å²) >= 11 is 0. The number of carbonyl (C=O) groups excluding carboxylic acids is 1. The molecule has 7 heteroatoms. The van der Waals surface area contributed by atoms with E-state index >= 15 is 0 Å². The molecule has 2 aliphatic heterocycles. The van der Waals surface area contributed by atoms with Crippen molar-refractivity contribution in [2.75, 3.05) is 24.5 Å². The number of hydrogen-bond donors (Lipinski definition) is 1. The van der Waals surface area contributed by atoms with Crippen LogP contribution in [0, 0.1) is 20.8 Å². The zero-order valence-electron chi connectivity index (χ0n) is 19.2. The van der Waals surface area contributed by atoms with E-state index in [1.807, 2.05) is 41.6 Å². The van der Waals surface area contributed by atoms with Crippen molar-refractivity contribution in [2.45, 2.75) is 58.5 Å². The summed E-state index contributed by atoms with van der Waals surface area (Å²) in [5.41, 5.74) is 11.9. The molecule has 5 rings (SSSR count). The van der Waals surface area contributed by atoms with Crippen LogP contribution < -0.4 is 10.6 Å². The standard InChI is InChI=1S/C25H32N6O/c1-16-7-8-17(2)20(12-16)25(32)30-10-5-4-6-22(30)21-13-23-27-24(18(3)14-31(23)28-21)29-11-9-19(26)15-29/h7-8,12-14,19,22H,4-6,9-11,15,26H2,1-3H3/t19-,22-/m0/s1. The van der Waals surface area contributed by atoms with E-state index in [0.29, 0.717) is 0 Å². The largest absolute Gasteiger partial charge is 0.355 e. The number of carbonyl (C=O) groups is 1. The summed E-state index contributed by atoms with van der Waals surface area (Å²) in [6.45, 7) is 8.65. The summed E-state index contributed by atoms with van der Waals surface area (Å²) in [4.78, 5) is 22.8. The fourth-order valence-electron chi connectivity index (χ4n) is 5.08. The lowest BCUT2D eigenvalue weighted by Crippen LogP contribution is -2.39. The number of likely N-dealkylation sites (tertiary alicyclic amines) is 1. The molecule has 4 heterocycles. The fraction of sp³-hybridized carbons (Fsp3) is 0.480. The maximum Gasteiger partial charge on any atom is 0.254 e. The van der Waals surface area contributed by atoms with Gasteiger partial charge in [0.2, 0.25) is 0 Å². The van der Waals surface area contributed by atoms with Gasteiger partial charge in [-0.15, -0.1) is 0 Å². The Kier molecular flexibility index (Phi) is 5.37. The first kappa shape index (κ1) is 20.9. The zero-order chi connectivity index (χ0) is 22.4. The minimum Gasteiger partial charge on any atom is -0.355 e. The van der Waals surface area contributed by atoms with Gasteiger partial charge in [-0.3, -0.25) is 4.79 Å². The van der Waals surface area contributed by atoms with Crippen LogP contribution in [0.25, 0.3) is 5.65 Å². The third kappa shape index (κ3) is 3.75. The minimum absolute atomic E-state index is 0.0261. The fourth-order valence-corrected chi connectivity index (χ4v) is 5.08. The van der Waals surface area contributed by atoms with Gasteiger partial charge < -0.3 is 15.5 Å². The van der Waals surface area contributed by atoms with E-state index in [4.69, 9.17) is 15.8 Å². The van der Waals surface area contributed by atoms with Gasteiger partial charge in [0.05, 0.1) is 11.7 Å². The highest BCUT2D eigenvalue weighted by atomic mass is 16.2. The molecular weight excluding hydrogens is 400 g/mol. The molecule has 0 spiro atoms. The number of aryl methyl sites for hydroxylation is 3. The molecule has 0 saturated carbocycles. The molecule has 0 radical (unpaired) electrons. The molecular formula is C25H32N6O. The lowest BCUT2D eigenvalue weighted by Gasteiger charge is -2.35. The monoisotopic (exact) mass is 432 g/mol. The number of hydrogen-bond acceptors (Lipinski definition) is 5. The molecule has 2 saturated heterocycles. The van der Waals surface area contributed by atoms with Gasteiger partial charge >= 0.3 is 0 Å². The van der Waals surface area contributed by atoms with Gasteiger partial charge in [0, 0.05) is 49.1 Å². The average molecular weight is 433 g/mol. The average Bonchev–Trinajstić information content (AvgIpc) is 3.40. The van der Waals surface area contributed by atoms with E-state index in [9.17, 15) is 4.79 Å². The van der Waals surface area contributed by atoms with Crippen molar-refractivity contribution in [1.29, 1.82) is 0 Å². The molecule has 3 aromatic rings. The van der Waals surface area contributed by atoms with Crippen LogP contribution in [0.4, 0.5) is 5.82 Å². The second-order valence-corrected chi connectivity index (χ2v) is 9.44. The molecule has 2 fully saturated rings. The van der Waals surface area contributed by atoms with Crippen LogP contribution in [0.15, 0.2) is 30.5 Å². The van der Waals surface area contributed by atoms with Gasteiger partial charge in [0.1, 0.15) is 5.82 Å². The van der Waals surface area contributed by atoms with E-state index in [2.05, 4.69) is 24.0 Å². The molecule has 168 valence electrons. The number of anilines is 1. The van der Waals surface area contributed by atoms with Crippen LogP contribution in [-0.2, 0) is 0 Å². The first-order valence-corrected chi connectivity index (χ1v) is 11.7. The van der Waals surface area contributed by atoms with E-state index in [1.54, 1.807) is 0 Å². The summed E-state index contributed by atoms with van der Waals surface area (Å²) in [7, 11) is 0. The number of amides is 1. The maximum absolute atomic E-state index is 13.5. The number of aromatic nitrogens is 3. The summed E-state index contributed by atoms with van der Waals surface area (Å²) < 4.78 is 1.86. The van der Waals surface area contributed by atoms with Crippen LogP contribution in [0.1, 0.15) is 64.5 Å². The first-order valence-electron chi connectivity index (χ1n) is 11.7. The number of nitrogens with zero attached hydrogens (tertiary/aromatic N) is 5. The van der Waals surface area contributed by atoms with Crippen molar-refractivity contribution in [2.24, 2.45) is 5.73 Å². The molecule has 32 heavy (non-hydrogen) atoms. The van der Waals surface area contributed by atoms with Crippen molar-refractivity contribution in [3.8, 4) is 0 Å². The zero-order valence-corrected chi connectivity index (χ0v) is 19.2. The van der Waals surface area contributed by atoms with Gasteiger partial charge in [-0.2, -0.15) is 5.10 Å². The van der Waals surface area contributed by atoms with Crippen LogP contribution >= 0.6 is 0 Å². The Hall–Kier alpha value is -2.93. The SMILES string of the molecule is Cc1ccc(C)c(C(=O)N2CCCC[C@H]2c2cc3nc(N4CC[C@H](N)C4)c(C)cn3n2)c1. The highest BCUT2D eigenvalue weighted by Gasteiger charge is 2.31. The van der Waals surface area contributed by atoms with E-state index in [-0.39, 0.29) is 18.0 Å². The topological polar surface area (TPSA) is 79.8 Å². The van der Waals surface area contributed by atoms with Gasteiger partial charge in [-0.1, -0.05) is 17.7 Å². The van der Waals surface area contributed by atoms with E-state index in [0.717, 1.165) is 84.7 Å². The van der Waals surface area contributed by atoms with Crippen LogP contribution in [0.2, 0.25) is 0 Å². The number of rotatable bonds is 3. The summed E-state index contributed by atoms with van der Waals surface area (Å²) in [5, 5.41) is 4.86. The van der Waals surface area contributed by atoms with Gasteiger partial charge in [-0.05, 0) is 58.1 Å². The Morgan fingerprint density at radius 1 is 1.06 bits per heavy atom. The Morgan fingerprint density at radius 3 is 2.69 bits per heavy atom. The van der Waals surface area contributed by atoms with Gasteiger partial charge in [-0.25, -0.2) is 9.50 Å². The molecule has 0 unspecified atom stereocenters. The lowest BCUT2D eigenvalue weighted by atomic mass is 9.96. The second-order valence-electron chi connectivity index (χ2n) is 9.44. The third-order valence-electron chi connectivity index (χ3n) is 6.88. The van der Waals surface area contributed by atoms with Crippen LogP contribution in [0.3, 0.4) is 0 Å². The Bertz CT molecular complexity index is 1170. The third-order valence-corrected chi connectivity index (χ3v) is 6.88. The van der Waals surface area contributed by atoms with Gasteiger partial charge in [0.25, 0.3) is 5.91 Å². The number of piperidine rings is 1. The summed E-state index contributed by atoms with van der Waals surface area (Å²) in [6.07, 6.45) is 6.09. The maximum atomic E-state index is 13.5. The normalized spacial score (nSPS) is 21.5. The number of nitrogens with two attached hydrogens (primary N) is 1. The van der Waals surface area contributed by atoms with Crippen molar-refractivity contribution < 1.29 is 4.79 Å². The van der Waals surface area contributed by atoms with E-state index < -0.39 is 0 Å². The molecule has 0 bridgehead atoms. The Morgan fingerprint density at radius 2 is 1.91 bits per heavy atom. The number of benzene rings is 1. The van der Waals surface area contributed by atoms with Crippen LogP contribution in [0.5, 0.6) is 0 Å². The van der Waals surface area contributed by atoms with Gasteiger partial charge in [0.15, 0.2) is 5.65 Å². The highest BCUT2D eigenvalue weighted by Crippen LogP contribution is 2.33. The lowest BCUT2D eigenvalue weighted by molar-refractivity contribution is 0.0605.